The maximum Gasteiger partial charge on any atom is 0.222 e. The monoisotopic (exact) mass is 294 g/mol. The van der Waals surface area contributed by atoms with Crippen molar-refractivity contribution in [1.82, 2.24) is 4.90 Å². The zero-order chi connectivity index (χ0) is 15.7. The molecule has 0 fully saturated rings. The third-order valence-corrected chi connectivity index (χ3v) is 3.05. The highest BCUT2D eigenvalue weighted by molar-refractivity contribution is 5.75. The van der Waals surface area contributed by atoms with Crippen LogP contribution in [0.1, 0.15) is 25.3 Å². The first-order chi connectivity index (χ1) is 10.1. The van der Waals surface area contributed by atoms with Gasteiger partial charge in [-0.25, -0.2) is 0 Å². The van der Waals surface area contributed by atoms with Crippen LogP contribution in [0.15, 0.2) is 18.2 Å². The molecule has 0 radical (unpaired) electrons. The van der Waals surface area contributed by atoms with Gasteiger partial charge in [0.15, 0.2) is 11.5 Å². The Hall–Kier alpha value is -1.75. The quantitative estimate of drug-likeness (QED) is 0.706. The summed E-state index contributed by atoms with van der Waals surface area (Å²) in [5.41, 5.74) is 6.68. The van der Waals surface area contributed by atoms with Gasteiger partial charge < -0.3 is 20.1 Å². The van der Waals surface area contributed by atoms with Gasteiger partial charge in [0.2, 0.25) is 5.91 Å². The van der Waals surface area contributed by atoms with Crippen LogP contribution in [0.25, 0.3) is 0 Å². The number of nitrogens with two attached hydrogens (primary N) is 1. The molecule has 0 aliphatic carbocycles. The number of hydrogen-bond donors (Lipinski definition) is 1. The van der Waals surface area contributed by atoms with Crippen molar-refractivity contribution >= 4 is 5.91 Å². The molecule has 0 spiro atoms. The van der Waals surface area contributed by atoms with Crippen LogP contribution in [0, 0.1) is 0 Å². The highest BCUT2D eigenvalue weighted by Crippen LogP contribution is 2.31. The van der Waals surface area contributed by atoms with Crippen LogP contribution >= 0.6 is 0 Å². The summed E-state index contributed by atoms with van der Waals surface area (Å²) in [5.74, 6) is 1.60. The van der Waals surface area contributed by atoms with Gasteiger partial charge in [0.05, 0.1) is 13.2 Å². The minimum absolute atomic E-state index is 0.110. The van der Waals surface area contributed by atoms with Crippen LogP contribution in [0.5, 0.6) is 11.5 Å². The van der Waals surface area contributed by atoms with Gasteiger partial charge >= 0.3 is 0 Å². The summed E-state index contributed by atoms with van der Waals surface area (Å²) in [6.07, 6.45) is 1.91. The molecule has 0 bridgehead atoms. The fourth-order valence-corrected chi connectivity index (χ4v) is 1.97. The van der Waals surface area contributed by atoms with Crippen molar-refractivity contribution in [3.8, 4) is 11.5 Å². The Kier molecular flexibility index (Phi) is 7.61. The normalized spacial score (nSPS) is 10.3. The van der Waals surface area contributed by atoms with E-state index in [0.717, 1.165) is 23.5 Å². The summed E-state index contributed by atoms with van der Waals surface area (Å²) in [6.45, 7) is 3.57. The van der Waals surface area contributed by atoms with Crippen molar-refractivity contribution in [3.05, 3.63) is 23.8 Å². The van der Waals surface area contributed by atoms with E-state index in [0.29, 0.717) is 32.6 Å². The highest BCUT2D eigenvalue weighted by Gasteiger charge is 2.11. The van der Waals surface area contributed by atoms with Crippen LogP contribution in [-0.4, -0.2) is 44.7 Å². The van der Waals surface area contributed by atoms with Crippen LogP contribution < -0.4 is 15.2 Å². The number of hydrogen-bond acceptors (Lipinski definition) is 4. The first-order valence-electron chi connectivity index (χ1n) is 7.37. The fourth-order valence-electron chi connectivity index (χ4n) is 1.97. The summed E-state index contributed by atoms with van der Waals surface area (Å²) in [4.78, 5) is 13.1. The molecule has 0 aliphatic rings. The first kappa shape index (κ1) is 17.3. The molecule has 1 aromatic carbocycles. The minimum atomic E-state index is 0.110. The molecule has 5 heteroatoms. The van der Waals surface area contributed by atoms with E-state index < -0.39 is 0 Å². The predicted octanol–water partition coefficient (Wildman–Crippen LogP) is 1.83. The summed E-state index contributed by atoms with van der Waals surface area (Å²) in [7, 11) is 3.51. The maximum absolute atomic E-state index is 11.5. The number of ether oxygens (including phenoxy) is 2. The molecule has 1 rings (SSSR count). The Morgan fingerprint density at radius 2 is 2.05 bits per heavy atom. The predicted molar refractivity (Wildman–Crippen MR) is 83.8 cm³/mol. The van der Waals surface area contributed by atoms with Crippen molar-refractivity contribution in [3.63, 3.8) is 0 Å². The molecular formula is C16H26N2O3. The minimum Gasteiger partial charge on any atom is -0.490 e. The number of nitrogens with zero attached hydrogens (tertiary/aromatic N) is 1. The molecule has 118 valence electrons. The van der Waals surface area contributed by atoms with Gasteiger partial charge in [-0.15, -0.1) is 0 Å². The Morgan fingerprint density at radius 3 is 2.67 bits per heavy atom. The Morgan fingerprint density at radius 1 is 1.29 bits per heavy atom. The van der Waals surface area contributed by atoms with E-state index in [4.69, 9.17) is 15.2 Å². The molecule has 0 saturated heterocycles. The van der Waals surface area contributed by atoms with Gasteiger partial charge in [0.1, 0.15) is 0 Å². The van der Waals surface area contributed by atoms with E-state index in [1.54, 1.807) is 19.0 Å². The molecule has 0 unspecified atom stereocenters. The molecule has 0 aliphatic heterocycles. The first-order valence-corrected chi connectivity index (χ1v) is 7.37. The lowest BCUT2D eigenvalue weighted by Gasteiger charge is -2.16. The number of amides is 1. The third kappa shape index (κ3) is 5.63. The third-order valence-electron chi connectivity index (χ3n) is 3.05. The van der Waals surface area contributed by atoms with E-state index in [9.17, 15) is 4.79 Å². The molecule has 1 aromatic rings. The van der Waals surface area contributed by atoms with Gasteiger partial charge in [-0.2, -0.15) is 0 Å². The second-order valence-electron chi connectivity index (χ2n) is 4.96. The maximum atomic E-state index is 11.5. The second kappa shape index (κ2) is 9.23. The molecule has 5 nitrogen and oxygen atoms in total. The van der Waals surface area contributed by atoms with Crippen molar-refractivity contribution in [2.24, 2.45) is 5.73 Å². The molecular weight excluding hydrogens is 268 g/mol. The number of carbonyl (C=O) groups excluding carboxylic acids is 1. The summed E-state index contributed by atoms with van der Waals surface area (Å²) < 4.78 is 11.5. The lowest BCUT2D eigenvalue weighted by Crippen LogP contribution is -2.21. The van der Waals surface area contributed by atoms with Crippen LogP contribution in [0.4, 0.5) is 0 Å². The molecule has 0 saturated carbocycles. The Balaban J connectivity index is 2.64. The summed E-state index contributed by atoms with van der Waals surface area (Å²) >= 11 is 0. The van der Waals surface area contributed by atoms with Crippen molar-refractivity contribution < 1.29 is 14.3 Å². The van der Waals surface area contributed by atoms with Crippen LogP contribution in [0.3, 0.4) is 0 Å². The lowest BCUT2D eigenvalue weighted by molar-refractivity contribution is -0.128. The van der Waals surface area contributed by atoms with Gasteiger partial charge in [-0.1, -0.05) is 12.1 Å². The Bertz CT molecular complexity index is 423. The van der Waals surface area contributed by atoms with E-state index in [-0.39, 0.29) is 5.91 Å². The molecule has 0 heterocycles. The zero-order valence-electron chi connectivity index (χ0n) is 13.2. The molecule has 0 aromatic heterocycles. The van der Waals surface area contributed by atoms with Gasteiger partial charge in [-0.05, 0) is 37.9 Å². The standard InChI is InChI=1S/C16H26N2O3/c1-4-20-14-8-5-7-13(10-11-17)16(14)21-12-6-9-15(19)18(2)3/h5,7-8H,4,6,9-12,17H2,1-3H3. The van der Waals surface area contributed by atoms with E-state index >= 15 is 0 Å². The van der Waals surface area contributed by atoms with E-state index in [2.05, 4.69) is 0 Å². The lowest BCUT2D eigenvalue weighted by atomic mass is 10.1. The van der Waals surface area contributed by atoms with Crippen LogP contribution in [-0.2, 0) is 11.2 Å². The van der Waals surface area contributed by atoms with Crippen LogP contribution in [0.2, 0.25) is 0 Å². The smallest absolute Gasteiger partial charge is 0.222 e. The zero-order valence-corrected chi connectivity index (χ0v) is 13.2. The number of carbonyl (C=O) groups is 1. The average molecular weight is 294 g/mol. The highest BCUT2D eigenvalue weighted by atomic mass is 16.5. The van der Waals surface area contributed by atoms with Gasteiger partial charge in [0, 0.05) is 20.5 Å². The van der Waals surface area contributed by atoms with Crippen molar-refractivity contribution in [2.75, 3.05) is 33.9 Å². The number of benzene rings is 1. The fraction of sp³-hybridized carbons (Fsp3) is 0.562. The molecule has 1 amide bonds. The largest absolute Gasteiger partial charge is 0.490 e. The topological polar surface area (TPSA) is 64.8 Å². The summed E-state index contributed by atoms with van der Waals surface area (Å²) in [6, 6.07) is 5.83. The number of para-hydroxylation sites is 1. The van der Waals surface area contributed by atoms with Gasteiger partial charge in [-0.3, -0.25) is 4.79 Å². The number of rotatable bonds is 9. The molecule has 2 N–H and O–H groups in total. The molecule has 0 atom stereocenters. The molecule has 21 heavy (non-hydrogen) atoms. The van der Waals surface area contributed by atoms with E-state index in [1.165, 1.54) is 0 Å². The summed E-state index contributed by atoms with van der Waals surface area (Å²) in [5, 5.41) is 0. The SMILES string of the molecule is CCOc1cccc(CCN)c1OCCCC(=O)N(C)C. The van der Waals surface area contributed by atoms with E-state index in [1.807, 2.05) is 25.1 Å². The van der Waals surface area contributed by atoms with Crippen molar-refractivity contribution in [1.29, 1.82) is 0 Å². The van der Waals surface area contributed by atoms with Gasteiger partial charge in [0.25, 0.3) is 0 Å². The van der Waals surface area contributed by atoms with Crippen molar-refractivity contribution in [2.45, 2.75) is 26.2 Å². The average Bonchev–Trinajstić information content (AvgIpc) is 2.45. The second-order valence-corrected chi connectivity index (χ2v) is 4.96. The Labute approximate surface area is 127 Å².